The van der Waals surface area contributed by atoms with E-state index in [2.05, 4.69) is 55.4 Å². The molecule has 0 aromatic carbocycles. The topological polar surface area (TPSA) is 9.23 Å². The summed E-state index contributed by atoms with van der Waals surface area (Å²) in [6.07, 6.45) is 8.14. The molecule has 0 bridgehead atoms. The molecule has 0 fully saturated rings. The highest BCUT2D eigenvalue weighted by molar-refractivity contribution is 6.88. The van der Waals surface area contributed by atoms with Crippen LogP contribution in [0.4, 0.5) is 0 Å². The van der Waals surface area contributed by atoms with Crippen LogP contribution in [0.5, 0.6) is 0 Å². The third-order valence-corrected chi connectivity index (χ3v) is 18.8. The summed E-state index contributed by atoms with van der Waals surface area (Å²) in [4.78, 5) is 0. The molecule has 0 aliphatic heterocycles. The molecule has 0 saturated heterocycles. The molecule has 2 atom stereocenters. The second kappa shape index (κ2) is 11.9. The standard InChI is InChI=1S/C20H46OSi2/c1-9-15-17-19(7)22(11-3,12-4)21-23(13-5,14-6)20(8)18-16-10-2/h19-20H,9-18H2,1-8H3. The normalized spacial score (nSPS) is 15.7. The van der Waals surface area contributed by atoms with Crippen molar-refractivity contribution in [3.63, 3.8) is 0 Å². The second-order valence-corrected chi connectivity index (χ2v) is 17.6. The van der Waals surface area contributed by atoms with Gasteiger partial charge in [0.05, 0.1) is 0 Å². The van der Waals surface area contributed by atoms with Gasteiger partial charge in [-0.2, -0.15) is 0 Å². The van der Waals surface area contributed by atoms with E-state index in [1.807, 2.05) is 0 Å². The van der Waals surface area contributed by atoms with E-state index < -0.39 is 16.6 Å². The second-order valence-electron chi connectivity index (χ2n) is 7.73. The molecular weight excluding hydrogens is 312 g/mol. The minimum atomic E-state index is -1.60. The Hall–Kier alpha value is 0.394. The molecule has 0 radical (unpaired) electrons. The lowest BCUT2D eigenvalue weighted by Gasteiger charge is -2.47. The molecule has 2 unspecified atom stereocenters. The Morgan fingerprint density at radius 2 is 0.913 bits per heavy atom. The van der Waals surface area contributed by atoms with Crippen LogP contribution in [0.1, 0.15) is 93.9 Å². The summed E-state index contributed by atoms with van der Waals surface area (Å²) in [6, 6.07) is 5.24. The zero-order chi connectivity index (χ0) is 17.9. The molecule has 0 heterocycles. The molecule has 0 amide bonds. The third kappa shape index (κ3) is 6.32. The van der Waals surface area contributed by atoms with Gasteiger partial charge in [0.15, 0.2) is 16.6 Å². The molecule has 0 spiro atoms. The van der Waals surface area contributed by atoms with E-state index in [1.54, 1.807) is 0 Å². The van der Waals surface area contributed by atoms with E-state index in [9.17, 15) is 0 Å². The maximum Gasteiger partial charge on any atom is 0.182 e. The van der Waals surface area contributed by atoms with Crippen molar-refractivity contribution in [3.8, 4) is 0 Å². The fraction of sp³-hybridized carbons (Fsp3) is 1.00. The summed E-state index contributed by atoms with van der Waals surface area (Å²) < 4.78 is 7.42. The summed E-state index contributed by atoms with van der Waals surface area (Å²) in [5.41, 5.74) is 1.64. The van der Waals surface area contributed by atoms with Crippen molar-refractivity contribution >= 4 is 16.6 Å². The van der Waals surface area contributed by atoms with Crippen molar-refractivity contribution in [1.82, 2.24) is 0 Å². The van der Waals surface area contributed by atoms with Gasteiger partial charge in [0.25, 0.3) is 0 Å². The molecule has 0 aromatic heterocycles. The van der Waals surface area contributed by atoms with Gasteiger partial charge in [0, 0.05) is 0 Å². The third-order valence-electron chi connectivity index (χ3n) is 6.58. The Balaban J connectivity index is 5.36. The maximum atomic E-state index is 7.42. The molecule has 140 valence electrons. The van der Waals surface area contributed by atoms with E-state index in [1.165, 1.54) is 62.7 Å². The van der Waals surface area contributed by atoms with Gasteiger partial charge in [-0.25, -0.2) is 0 Å². The number of unbranched alkanes of at least 4 members (excludes halogenated alkanes) is 2. The van der Waals surface area contributed by atoms with Gasteiger partial charge in [0.1, 0.15) is 0 Å². The van der Waals surface area contributed by atoms with E-state index >= 15 is 0 Å². The summed E-state index contributed by atoms with van der Waals surface area (Å²) >= 11 is 0. The van der Waals surface area contributed by atoms with Crippen molar-refractivity contribution in [2.45, 2.75) is 129 Å². The van der Waals surface area contributed by atoms with Crippen LogP contribution >= 0.6 is 0 Å². The zero-order valence-electron chi connectivity index (χ0n) is 17.6. The van der Waals surface area contributed by atoms with Gasteiger partial charge in [-0.3, -0.25) is 0 Å². The van der Waals surface area contributed by atoms with Crippen LogP contribution in [0.25, 0.3) is 0 Å². The lowest BCUT2D eigenvalue weighted by atomic mass is 10.2. The zero-order valence-corrected chi connectivity index (χ0v) is 19.6. The van der Waals surface area contributed by atoms with E-state index in [-0.39, 0.29) is 0 Å². The van der Waals surface area contributed by atoms with Crippen LogP contribution in [-0.2, 0) is 4.12 Å². The van der Waals surface area contributed by atoms with E-state index in [0.717, 1.165) is 11.1 Å². The Morgan fingerprint density at radius 1 is 0.609 bits per heavy atom. The van der Waals surface area contributed by atoms with E-state index in [0.29, 0.717) is 0 Å². The lowest BCUT2D eigenvalue weighted by molar-refractivity contribution is 0.454. The van der Waals surface area contributed by atoms with Gasteiger partial charge >= 0.3 is 0 Å². The van der Waals surface area contributed by atoms with Gasteiger partial charge < -0.3 is 4.12 Å². The highest BCUT2D eigenvalue weighted by Crippen LogP contribution is 2.43. The molecule has 0 aliphatic rings. The predicted molar refractivity (Wildman–Crippen MR) is 112 cm³/mol. The molecule has 0 N–H and O–H groups in total. The minimum Gasteiger partial charge on any atom is -0.454 e. The highest BCUT2D eigenvalue weighted by atomic mass is 28.4. The first-order valence-corrected chi connectivity index (χ1v) is 15.4. The average molecular weight is 359 g/mol. The highest BCUT2D eigenvalue weighted by Gasteiger charge is 2.47. The lowest BCUT2D eigenvalue weighted by Crippen LogP contribution is -2.54. The van der Waals surface area contributed by atoms with Crippen molar-refractivity contribution in [1.29, 1.82) is 0 Å². The molecule has 23 heavy (non-hydrogen) atoms. The fourth-order valence-electron chi connectivity index (χ4n) is 4.34. The SMILES string of the molecule is CCCCC(C)[Si](CC)(CC)O[Si](CC)(CC)C(C)CCCC. The Kier molecular flexibility index (Phi) is 12.1. The van der Waals surface area contributed by atoms with Crippen LogP contribution in [0.3, 0.4) is 0 Å². The van der Waals surface area contributed by atoms with Crippen molar-refractivity contribution in [3.05, 3.63) is 0 Å². The van der Waals surface area contributed by atoms with Crippen LogP contribution in [0, 0.1) is 0 Å². The molecule has 0 aliphatic carbocycles. The molecule has 0 rings (SSSR count). The first-order valence-electron chi connectivity index (χ1n) is 10.6. The van der Waals surface area contributed by atoms with Gasteiger partial charge in [-0.15, -0.1) is 0 Å². The van der Waals surface area contributed by atoms with Gasteiger partial charge in [0.2, 0.25) is 0 Å². The maximum absolute atomic E-state index is 7.42. The average Bonchev–Trinajstić information content (AvgIpc) is 2.59. The van der Waals surface area contributed by atoms with Crippen molar-refractivity contribution < 1.29 is 4.12 Å². The molecule has 0 aromatic rings. The fourth-order valence-corrected chi connectivity index (χ4v) is 16.7. The summed E-state index contributed by atoms with van der Waals surface area (Å²) in [5, 5.41) is 0. The summed E-state index contributed by atoms with van der Waals surface area (Å²) in [5.74, 6) is 0. The molecule has 1 nitrogen and oxygen atoms in total. The molecule has 0 saturated carbocycles. The van der Waals surface area contributed by atoms with Crippen molar-refractivity contribution in [2.24, 2.45) is 0 Å². The number of rotatable bonds is 14. The van der Waals surface area contributed by atoms with E-state index in [4.69, 9.17) is 4.12 Å². The summed E-state index contributed by atoms with van der Waals surface area (Å²) in [6.45, 7) is 19.3. The van der Waals surface area contributed by atoms with Gasteiger partial charge in [-0.1, -0.05) is 93.9 Å². The Morgan fingerprint density at radius 3 is 1.13 bits per heavy atom. The quantitative estimate of drug-likeness (QED) is 0.285. The Labute approximate surface area is 150 Å². The molecule has 3 heteroatoms. The number of hydrogen-bond acceptors (Lipinski definition) is 1. The van der Waals surface area contributed by atoms with Crippen LogP contribution < -0.4 is 0 Å². The van der Waals surface area contributed by atoms with Crippen LogP contribution in [0.15, 0.2) is 0 Å². The largest absolute Gasteiger partial charge is 0.454 e. The van der Waals surface area contributed by atoms with Gasteiger partial charge in [-0.05, 0) is 35.3 Å². The van der Waals surface area contributed by atoms with Crippen molar-refractivity contribution in [2.75, 3.05) is 0 Å². The summed E-state index contributed by atoms with van der Waals surface area (Å²) in [7, 11) is -3.20. The monoisotopic (exact) mass is 358 g/mol. The Bertz CT molecular complexity index is 257. The molecular formula is C20H46OSi2. The predicted octanol–water partition coefficient (Wildman–Crippen LogP) is 8.13. The first kappa shape index (κ1) is 23.4. The minimum absolute atomic E-state index is 0.820. The van der Waals surface area contributed by atoms with Crippen LogP contribution in [0.2, 0.25) is 35.3 Å². The number of hydrogen-bond donors (Lipinski definition) is 0. The first-order chi connectivity index (χ1) is 10.9. The van der Waals surface area contributed by atoms with Crippen LogP contribution in [-0.4, -0.2) is 16.6 Å². The smallest absolute Gasteiger partial charge is 0.182 e.